The van der Waals surface area contributed by atoms with Crippen LogP contribution in [0.4, 0.5) is 59.3 Å². The third kappa shape index (κ3) is 15.8. The summed E-state index contributed by atoms with van der Waals surface area (Å²) in [5.74, 6) is 1.79. The number of halogens is 10. The maximum Gasteiger partial charge on any atom is 0.407 e. The molecule has 18 nitrogen and oxygen atoms in total. The topological polar surface area (TPSA) is 225 Å². The number of rotatable bonds is 20. The molecule has 3 aliphatic rings. The molecular weight excluding hydrogens is 1090 g/mol. The summed E-state index contributed by atoms with van der Waals surface area (Å²) < 4.78 is 159. The van der Waals surface area contributed by atoms with Crippen LogP contribution >= 0.6 is 0 Å². The number of aliphatic hydroxyl groups excluding tert-OH is 1. The second-order valence-corrected chi connectivity index (χ2v) is 20.9. The number of hydrazine groups is 1. The number of nitrogens with one attached hydrogen (secondary N) is 4. The SMILES string of the molecule is COC(=O)N[C@H](C(=O)N[C@@H](Cc1ccc(C#Cc2ccc(N3C[C@@H]4CN(C5COC5)C[C@@H]4C3)nc2)cc1)[C@@H](O)CN(Cc1c(F)cc(/C(N)=C/C=N/C(F)F)cc1F)NC(=O)[C@@H](NC(=O)OC)C(C)(C)C(F)(F)F)C(C)(C)C(F)(F)F. The first-order chi connectivity index (χ1) is 37.9. The summed E-state index contributed by atoms with van der Waals surface area (Å²) in [4.78, 5) is 65.0. The van der Waals surface area contributed by atoms with Crippen molar-refractivity contribution < 1.29 is 82.4 Å². The van der Waals surface area contributed by atoms with E-state index in [2.05, 4.69) is 46.4 Å². The largest absolute Gasteiger partial charge is 0.453 e. The molecule has 6 rings (SSSR count). The molecule has 3 saturated heterocycles. The van der Waals surface area contributed by atoms with Gasteiger partial charge in [-0.2, -0.15) is 35.1 Å². The fraction of sp³-hybridized carbons (Fsp3) is 0.509. The smallest absolute Gasteiger partial charge is 0.407 e. The number of fused-ring (bicyclic) bond motifs is 1. The Morgan fingerprint density at radius 2 is 1.36 bits per heavy atom. The molecule has 7 N–H and O–H groups in total. The predicted molar refractivity (Wildman–Crippen MR) is 274 cm³/mol. The molecule has 81 heavy (non-hydrogen) atoms. The van der Waals surface area contributed by atoms with E-state index in [9.17, 15) is 59.4 Å². The van der Waals surface area contributed by atoms with E-state index in [1.54, 1.807) is 11.5 Å². The quantitative estimate of drug-likeness (QED) is 0.0264. The molecule has 0 radical (unpaired) electrons. The van der Waals surface area contributed by atoms with Gasteiger partial charge >= 0.3 is 31.1 Å². The van der Waals surface area contributed by atoms with Gasteiger partial charge in [0.2, 0.25) is 5.91 Å². The molecular formula is C53H62F10N10O8. The van der Waals surface area contributed by atoms with Gasteiger partial charge in [-0.3, -0.25) is 19.9 Å². The Balaban J connectivity index is 1.30. The van der Waals surface area contributed by atoms with Crippen LogP contribution in [0.25, 0.3) is 5.70 Å². The van der Waals surface area contributed by atoms with E-state index >= 15 is 8.78 Å². The first-order valence-corrected chi connectivity index (χ1v) is 25.2. The summed E-state index contributed by atoms with van der Waals surface area (Å²) in [6, 6.07) is 4.70. The zero-order valence-electron chi connectivity index (χ0n) is 44.7. The van der Waals surface area contributed by atoms with Crippen molar-refractivity contribution in [1.29, 1.82) is 0 Å². The zero-order chi connectivity index (χ0) is 59.8. The van der Waals surface area contributed by atoms with Gasteiger partial charge < -0.3 is 45.9 Å². The molecule has 0 saturated carbocycles. The van der Waals surface area contributed by atoms with E-state index in [0.29, 0.717) is 80.1 Å². The molecule has 3 aliphatic heterocycles. The van der Waals surface area contributed by atoms with Crippen LogP contribution in [0.15, 0.2) is 65.8 Å². The Morgan fingerprint density at radius 1 is 0.827 bits per heavy atom. The molecule has 1 aromatic heterocycles. The van der Waals surface area contributed by atoms with Crippen LogP contribution in [-0.4, -0.2) is 160 Å². The molecule has 0 spiro atoms. The summed E-state index contributed by atoms with van der Waals surface area (Å²) in [6.07, 6.45) is -13.0. The zero-order valence-corrected chi connectivity index (χ0v) is 44.7. The first kappa shape index (κ1) is 63.0. The highest BCUT2D eigenvalue weighted by atomic mass is 19.4. The number of nitrogens with zero attached hydrogens (tertiary/aromatic N) is 5. The molecule has 0 aliphatic carbocycles. The highest BCUT2D eigenvalue weighted by molar-refractivity contribution is 5.87. The maximum absolute atomic E-state index is 15.9. The Bertz CT molecular complexity index is 2800. The average molecular weight is 1160 g/mol. The Morgan fingerprint density at radius 3 is 1.84 bits per heavy atom. The van der Waals surface area contributed by atoms with Crippen molar-refractivity contribution >= 4 is 41.7 Å². The predicted octanol–water partition coefficient (Wildman–Crippen LogP) is 5.67. The standard InChI is InChI=1S/C53H62F10N10O8/c1-50(2,52(58,59)60)43(68-48(77)79-5)45(75)67-40(17-30-10-7-29(8-11-30)9-12-31-13-14-42(66-20-31)72-23-33-21-71(22-34(33)24-72)35-27-81-28-35)41(74)26-73(70-46(76)44(69-49(78)80-6)51(3,4)53(61,62)63)25-36-37(54)18-32(19-38(36)55)39(64)15-16-65-47(56)57/h7-8,10-11,13-16,18-20,33-35,40-41,43-44,47,74H,17,21-28,64H2,1-6H3,(H,67,75)(H,68,77)(H,69,78)(H,70,76)/b39-15-,65-16+/t33-,34+,40-,41-,43+,44+/m0/s1. The molecule has 2 aromatic carbocycles. The Hall–Kier alpha value is -7.22. The van der Waals surface area contributed by atoms with Crippen molar-refractivity contribution in [1.82, 2.24) is 36.3 Å². The van der Waals surface area contributed by atoms with E-state index in [4.69, 9.17) is 10.5 Å². The minimum atomic E-state index is -5.23. The van der Waals surface area contributed by atoms with E-state index in [1.807, 2.05) is 22.9 Å². The molecule has 6 atom stereocenters. The molecule has 28 heteroatoms. The van der Waals surface area contributed by atoms with Crippen molar-refractivity contribution in [2.24, 2.45) is 33.4 Å². The number of ether oxygens (including phenoxy) is 3. The Kier molecular flexibility index (Phi) is 20.3. The fourth-order valence-electron chi connectivity index (χ4n) is 9.22. The van der Waals surface area contributed by atoms with Crippen LogP contribution in [0, 0.1) is 46.1 Å². The number of methoxy groups -OCH3 is 2. The number of hydrogen-bond donors (Lipinski definition) is 6. The molecule has 0 bridgehead atoms. The molecule has 4 amide bonds. The number of alkyl halides is 8. The number of hydrogen-bond acceptors (Lipinski definition) is 14. The summed E-state index contributed by atoms with van der Waals surface area (Å²) >= 11 is 0. The molecule has 4 heterocycles. The average Bonchev–Trinajstić information content (AvgIpc) is 4.04. The number of carbonyl (C=O) groups is 4. The number of allylic oxidation sites excluding steroid dienone is 1. The van der Waals surface area contributed by atoms with Gasteiger partial charge in [0, 0.05) is 79.6 Å². The lowest BCUT2D eigenvalue weighted by atomic mass is 9.82. The van der Waals surface area contributed by atoms with Gasteiger partial charge in [-0.15, -0.1) is 0 Å². The lowest BCUT2D eigenvalue weighted by Crippen LogP contribution is -2.63. The second-order valence-electron chi connectivity index (χ2n) is 20.9. The second kappa shape index (κ2) is 26.1. The fourth-order valence-corrected chi connectivity index (χ4v) is 9.22. The molecule has 0 unspecified atom stereocenters. The summed E-state index contributed by atoms with van der Waals surface area (Å²) in [5, 5.41) is 18.4. The number of nitrogens with two attached hydrogens (primary N) is 1. The number of benzene rings is 2. The van der Waals surface area contributed by atoms with Crippen molar-refractivity contribution in [3.8, 4) is 11.8 Å². The minimum Gasteiger partial charge on any atom is -0.453 e. The number of aliphatic hydroxyl groups is 1. The van der Waals surface area contributed by atoms with Gasteiger partial charge in [-0.1, -0.05) is 24.0 Å². The van der Waals surface area contributed by atoms with E-state index in [1.165, 1.54) is 24.3 Å². The van der Waals surface area contributed by atoms with Crippen LogP contribution < -0.4 is 32.0 Å². The van der Waals surface area contributed by atoms with Crippen LogP contribution in [-0.2, 0) is 36.8 Å². The molecule has 3 aromatic rings. The third-order valence-corrected chi connectivity index (χ3v) is 14.6. The van der Waals surface area contributed by atoms with E-state index in [0.717, 1.165) is 65.5 Å². The van der Waals surface area contributed by atoms with Crippen LogP contribution in [0.3, 0.4) is 0 Å². The number of anilines is 1. The number of alkyl carbamates (subject to hydrolysis) is 2. The third-order valence-electron chi connectivity index (χ3n) is 14.6. The van der Waals surface area contributed by atoms with Crippen molar-refractivity contribution in [2.45, 2.75) is 89.8 Å². The highest BCUT2D eigenvalue weighted by Gasteiger charge is 2.57. The van der Waals surface area contributed by atoms with Gasteiger partial charge in [0.15, 0.2) is 0 Å². The van der Waals surface area contributed by atoms with Crippen LogP contribution in [0.5, 0.6) is 0 Å². The Labute approximate surface area is 459 Å². The van der Waals surface area contributed by atoms with Gasteiger partial charge in [-0.25, -0.2) is 33.4 Å². The normalized spacial score (nSPS) is 18.8. The van der Waals surface area contributed by atoms with E-state index < -0.39 is 126 Å². The lowest BCUT2D eigenvalue weighted by molar-refractivity contribution is -0.221. The monoisotopic (exact) mass is 1160 g/mol. The van der Waals surface area contributed by atoms with Crippen molar-refractivity contribution in [3.63, 3.8) is 0 Å². The summed E-state index contributed by atoms with van der Waals surface area (Å²) in [5.41, 5.74) is 1.16. The van der Waals surface area contributed by atoms with Crippen molar-refractivity contribution in [2.75, 3.05) is 65.1 Å². The van der Waals surface area contributed by atoms with Gasteiger partial charge in [0.05, 0.1) is 56.5 Å². The highest BCUT2D eigenvalue weighted by Crippen LogP contribution is 2.42. The van der Waals surface area contributed by atoms with Crippen molar-refractivity contribution in [3.05, 3.63) is 100 Å². The summed E-state index contributed by atoms with van der Waals surface area (Å²) in [7, 11) is 1.60. The molecule has 3 fully saturated rings. The minimum absolute atomic E-state index is 0.268. The van der Waals surface area contributed by atoms with Gasteiger partial charge in [-0.05, 0) is 94.0 Å². The number of amides is 4. The van der Waals surface area contributed by atoms with Crippen LogP contribution in [0.2, 0.25) is 0 Å². The number of pyridine rings is 1. The number of likely N-dealkylation sites (tertiary alicyclic amines) is 1. The maximum atomic E-state index is 15.9. The van der Waals surface area contributed by atoms with Crippen LogP contribution in [0.1, 0.15) is 55.5 Å². The molecule has 442 valence electrons. The van der Waals surface area contributed by atoms with Gasteiger partial charge in [0.1, 0.15) is 29.5 Å². The van der Waals surface area contributed by atoms with Gasteiger partial charge in [0.25, 0.3) is 5.91 Å². The number of aromatic nitrogens is 1. The number of carbonyl (C=O) groups excluding carboxylic acids is 4. The first-order valence-electron chi connectivity index (χ1n) is 25.2. The number of aliphatic imine (C=N–C) groups is 1. The summed E-state index contributed by atoms with van der Waals surface area (Å²) in [6.45, 7) is 2.14. The van der Waals surface area contributed by atoms with E-state index in [-0.39, 0.29) is 5.56 Å². The lowest BCUT2D eigenvalue weighted by Gasteiger charge is -2.38.